The second-order valence-electron chi connectivity index (χ2n) is 6.52. The fourth-order valence-corrected chi connectivity index (χ4v) is 3.97. The minimum Gasteiger partial charge on any atom is -0.383 e. The Labute approximate surface area is 153 Å². The molecule has 0 bridgehead atoms. The molecule has 0 aromatic heterocycles. The number of anilines is 1. The minimum absolute atomic E-state index is 0.158. The van der Waals surface area contributed by atoms with E-state index in [-0.39, 0.29) is 6.04 Å². The summed E-state index contributed by atoms with van der Waals surface area (Å²) in [5.41, 5.74) is 2.20. The first-order valence-corrected chi connectivity index (χ1v) is 8.91. The molecule has 3 heteroatoms. The molecule has 1 aliphatic heterocycles. The van der Waals surface area contributed by atoms with Crippen LogP contribution in [0.4, 0.5) is 5.69 Å². The largest absolute Gasteiger partial charge is 0.383 e. The molecule has 0 aliphatic carbocycles. The molecule has 1 aliphatic rings. The van der Waals surface area contributed by atoms with Crippen molar-refractivity contribution in [1.29, 1.82) is 0 Å². The first-order chi connectivity index (χ1) is 12.2. The summed E-state index contributed by atoms with van der Waals surface area (Å²) in [6, 6.07) is 27.9. The third-order valence-corrected chi connectivity index (χ3v) is 5.30. The van der Waals surface area contributed by atoms with Crippen LogP contribution >= 0.6 is 11.6 Å². The SMILES string of the molecule is O[C@]1(c2ccccc2)CCN(c2ccccc2)[C@@H]1c1ccc(Cl)cc1. The van der Waals surface area contributed by atoms with E-state index in [1.54, 1.807) is 0 Å². The summed E-state index contributed by atoms with van der Waals surface area (Å²) in [7, 11) is 0. The fraction of sp³-hybridized carbons (Fsp3) is 0.182. The molecule has 126 valence electrons. The van der Waals surface area contributed by atoms with Gasteiger partial charge >= 0.3 is 0 Å². The van der Waals surface area contributed by atoms with Gasteiger partial charge in [-0.1, -0.05) is 72.3 Å². The van der Waals surface area contributed by atoms with Gasteiger partial charge in [0.05, 0.1) is 6.04 Å². The number of hydrogen-bond donors (Lipinski definition) is 1. The highest BCUT2D eigenvalue weighted by Gasteiger charge is 2.48. The van der Waals surface area contributed by atoms with Crippen LogP contribution in [0.5, 0.6) is 0 Å². The molecule has 0 radical (unpaired) electrons. The Kier molecular flexibility index (Phi) is 4.24. The van der Waals surface area contributed by atoms with Crippen LogP contribution in [-0.2, 0) is 5.60 Å². The van der Waals surface area contributed by atoms with Gasteiger partial charge in [-0.2, -0.15) is 0 Å². The highest BCUT2D eigenvalue weighted by atomic mass is 35.5. The van der Waals surface area contributed by atoms with Crippen molar-refractivity contribution in [1.82, 2.24) is 0 Å². The summed E-state index contributed by atoms with van der Waals surface area (Å²) < 4.78 is 0. The standard InChI is InChI=1S/C22H20ClNO/c23-19-13-11-17(12-14-19)21-22(25,18-7-3-1-4-8-18)15-16-24(21)20-9-5-2-6-10-20/h1-14,21,25H,15-16H2/t21-,22+/m1/s1. The van der Waals surface area contributed by atoms with E-state index in [0.29, 0.717) is 11.4 Å². The molecule has 1 fully saturated rings. The molecule has 3 aromatic rings. The first kappa shape index (κ1) is 16.2. The van der Waals surface area contributed by atoms with Gasteiger partial charge in [-0.25, -0.2) is 0 Å². The second kappa shape index (κ2) is 6.55. The summed E-state index contributed by atoms with van der Waals surface area (Å²) in [5.74, 6) is 0. The molecule has 1 saturated heterocycles. The molecule has 0 unspecified atom stereocenters. The van der Waals surface area contributed by atoms with Crippen LogP contribution < -0.4 is 4.90 Å². The Morgan fingerprint density at radius 3 is 2.08 bits per heavy atom. The number of aliphatic hydroxyl groups is 1. The molecular weight excluding hydrogens is 330 g/mol. The molecule has 1 N–H and O–H groups in total. The molecule has 0 saturated carbocycles. The van der Waals surface area contributed by atoms with Crippen molar-refractivity contribution in [3.8, 4) is 0 Å². The van der Waals surface area contributed by atoms with Crippen LogP contribution in [0.1, 0.15) is 23.6 Å². The van der Waals surface area contributed by atoms with Crippen molar-refractivity contribution in [3.63, 3.8) is 0 Å². The van der Waals surface area contributed by atoms with E-state index in [1.165, 1.54) is 0 Å². The van der Waals surface area contributed by atoms with E-state index in [4.69, 9.17) is 11.6 Å². The lowest BCUT2D eigenvalue weighted by Gasteiger charge is -2.36. The maximum Gasteiger partial charge on any atom is 0.116 e. The number of halogens is 1. The molecule has 0 spiro atoms. The van der Waals surface area contributed by atoms with Gasteiger partial charge in [0.15, 0.2) is 0 Å². The number of hydrogen-bond acceptors (Lipinski definition) is 2. The number of benzene rings is 3. The number of nitrogens with zero attached hydrogens (tertiary/aromatic N) is 1. The summed E-state index contributed by atoms with van der Waals surface area (Å²) in [6.45, 7) is 0.794. The van der Waals surface area contributed by atoms with E-state index < -0.39 is 5.60 Å². The van der Waals surface area contributed by atoms with Gasteiger partial charge in [0.2, 0.25) is 0 Å². The number of para-hydroxylation sites is 1. The first-order valence-electron chi connectivity index (χ1n) is 8.53. The Bertz CT molecular complexity index is 835. The van der Waals surface area contributed by atoms with E-state index in [9.17, 15) is 5.11 Å². The molecule has 4 rings (SSSR count). The van der Waals surface area contributed by atoms with Crippen molar-refractivity contribution >= 4 is 17.3 Å². The van der Waals surface area contributed by atoms with Gasteiger partial charge in [-0.05, 0) is 35.4 Å². The van der Waals surface area contributed by atoms with Gasteiger partial charge in [0.1, 0.15) is 5.60 Å². The minimum atomic E-state index is -0.940. The molecule has 3 aromatic carbocycles. The molecule has 2 atom stereocenters. The van der Waals surface area contributed by atoms with Crippen LogP contribution in [0.2, 0.25) is 5.02 Å². The molecule has 2 nitrogen and oxygen atoms in total. The zero-order chi connectivity index (χ0) is 17.3. The quantitative estimate of drug-likeness (QED) is 0.704. The van der Waals surface area contributed by atoms with Gasteiger partial charge in [-0.3, -0.25) is 0 Å². The number of rotatable bonds is 3. The van der Waals surface area contributed by atoms with E-state index in [1.807, 2.05) is 72.8 Å². The van der Waals surface area contributed by atoms with Crippen LogP contribution in [0.15, 0.2) is 84.9 Å². The maximum absolute atomic E-state index is 11.7. The molecule has 0 amide bonds. The van der Waals surface area contributed by atoms with Crippen LogP contribution in [-0.4, -0.2) is 11.7 Å². The van der Waals surface area contributed by atoms with Gasteiger partial charge in [0, 0.05) is 23.7 Å². The average Bonchev–Trinajstić information content (AvgIpc) is 3.03. The zero-order valence-corrected chi connectivity index (χ0v) is 14.6. The lowest BCUT2D eigenvalue weighted by molar-refractivity contribution is 0.0271. The van der Waals surface area contributed by atoms with Crippen molar-refractivity contribution < 1.29 is 5.11 Å². The van der Waals surface area contributed by atoms with Crippen molar-refractivity contribution in [3.05, 3.63) is 101 Å². The lowest BCUT2D eigenvalue weighted by Crippen LogP contribution is -2.35. The summed E-state index contributed by atoms with van der Waals surface area (Å²) in [5, 5.41) is 12.4. The molecule has 1 heterocycles. The fourth-order valence-electron chi connectivity index (χ4n) is 3.84. The normalized spacial score (nSPS) is 23.0. The van der Waals surface area contributed by atoms with Crippen molar-refractivity contribution in [2.24, 2.45) is 0 Å². The third-order valence-electron chi connectivity index (χ3n) is 5.05. The molecule has 25 heavy (non-hydrogen) atoms. The van der Waals surface area contributed by atoms with Gasteiger partial charge in [0.25, 0.3) is 0 Å². The van der Waals surface area contributed by atoms with E-state index in [2.05, 4.69) is 17.0 Å². The van der Waals surface area contributed by atoms with E-state index in [0.717, 1.165) is 23.4 Å². The smallest absolute Gasteiger partial charge is 0.116 e. The maximum atomic E-state index is 11.7. The summed E-state index contributed by atoms with van der Waals surface area (Å²) in [6.07, 6.45) is 0.680. The monoisotopic (exact) mass is 349 g/mol. The Hall–Kier alpha value is -2.29. The van der Waals surface area contributed by atoms with Gasteiger partial charge < -0.3 is 10.0 Å². The van der Waals surface area contributed by atoms with Crippen LogP contribution in [0.3, 0.4) is 0 Å². The Morgan fingerprint density at radius 2 is 1.44 bits per heavy atom. The topological polar surface area (TPSA) is 23.5 Å². The van der Waals surface area contributed by atoms with Crippen LogP contribution in [0.25, 0.3) is 0 Å². The average molecular weight is 350 g/mol. The lowest BCUT2D eigenvalue weighted by atomic mass is 9.83. The highest BCUT2D eigenvalue weighted by Crippen LogP contribution is 2.48. The van der Waals surface area contributed by atoms with Crippen molar-refractivity contribution in [2.45, 2.75) is 18.1 Å². The predicted molar refractivity (Wildman–Crippen MR) is 103 cm³/mol. The zero-order valence-electron chi connectivity index (χ0n) is 13.8. The Balaban J connectivity index is 1.83. The predicted octanol–water partition coefficient (Wildman–Crippen LogP) is 5.18. The highest BCUT2D eigenvalue weighted by molar-refractivity contribution is 6.30. The second-order valence-corrected chi connectivity index (χ2v) is 6.96. The van der Waals surface area contributed by atoms with Gasteiger partial charge in [-0.15, -0.1) is 0 Å². The van der Waals surface area contributed by atoms with Crippen LogP contribution in [0, 0.1) is 0 Å². The summed E-state index contributed by atoms with van der Waals surface area (Å²) in [4.78, 5) is 2.29. The van der Waals surface area contributed by atoms with E-state index >= 15 is 0 Å². The Morgan fingerprint density at radius 1 is 0.840 bits per heavy atom. The van der Waals surface area contributed by atoms with Crippen molar-refractivity contribution in [2.75, 3.05) is 11.4 Å². The third kappa shape index (κ3) is 2.92. The molecular formula is C22H20ClNO. The summed E-state index contributed by atoms with van der Waals surface area (Å²) >= 11 is 6.08.